The third kappa shape index (κ3) is 6.00. The predicted molar refractivity (Wildman–Crippen MR) is 132 cm³/mol. The van der Waals surface area contributed by atoms with E-state index in [1.165, 1.54) is 12.1 Å². The summed E-state index contributed by atoms with van der Waals surface area (Å²) >= 11 is 11.9. The molecule has 1 aliphatic heterocycles. The number of benzene rings is 3. The molecule has 0 spiro atoms. The molecule has 3 aromatic rings. The Hall–Kier alpha value is -2.80. The lowest BCUT2D eigenvalue weighted by atomic mass is 9.84. The van der Waals surface area contributed by atoms with Gasteiger partial charge in [0.15, 0.2) is 0 Å². The van der Waals surface area contributed by atoms with Crippen LogP contribution in [-0.4, -0.2) is 35.3 Å². The van der Waals surface area contributed by atoms with Gasteiger partial charge in [0.1, 0.15) is 12.4 Å². The van der Waals surface area contributed by atoms with Gasteiger partial charge in [-0.15, -0.1) is 0 Å². The second-order valence-corrected chi connectivity index (χ2v) is 9.15. The van der Waals surface area contributed by atoms with Crippen molar-refractivity contribution in [2.45, 2.75) is 25.2 Å². The van der Waals surface area contributed by atoms with E-state index in [0.717, 1.165) is 11.1 Å². The van der Waals surface area contributed by atoms with Crippen LogP contribution in [0.25, 0.3) is 0 Å². The number of carbonyl (C=O) groups is 1. The highest BCUT2D eigenvalue weighted by Gasteiger charge is 2.37. The van der Waals surface area contributed by atoms with Crippen LogP contribution in [0.1, 0.15) is 23.6 Å². The zero-order valence-electron chi connectivity index (χ0n) is 18.3. The summed E-state index contributed by atoms with van der Waals surface area (Å²) in [6.07, 6.45) is -0.720. The Morgan fingerprint density at radius 2 is 1.85 bits per heavy atom. The average Bonchev–Trinajstić information content (AvgIpc) is 2.85. The molecule has 1 amide bonds. The topological polar surface area (TPSA) is 61.8 Å². The first-order chi connectivity index (χ1) is 16.4. The molecule has 0 unspecified atom stereocenters. The number of anilines is 1. The molecule has 4 rings (SSSR count). The molecule has 178 valence electrons. The normalized spacial score (nSPS) is 18.9. The van der Waals surface area contributed by atoms with E-state index in [1.807, 2.05) is 42.5 Å². The summed E-state index contributed by atoms with van der Waals surface area (Å²) in [6, 6.07) is 20.7. The molecule has 1 aliphatic rings. The first-order valence-corrected chi connectivity index (χ1v) is 11.8. The van der Waals surface area contributed by atoms with Crippen molar-refractivity contribution in [1.82, 2.24) is 4.90 Å². The molecule has 1 fully saturated rings. The van der Waals surface area contributed by atoms with E-state index in [0.29, 0.717) is 23.7 Å². The van der Waals surface area contributed by atoms with Gasteiger partial charge in [-0.25, -0.2) is 9.18 Å². The van der Waals surface area contributed by atoms with Crippen molar-refractivity contribution in [3.63, 3.8) is 0 Å². The molecule has 0 aliphatic carbocycles. The summed E-state index contributed by atoms with van der Waals surface area (Å²) in [4.78, 5) is 14.4. The van der Waals surface area contributed by atoms with Crippen LogP contribution in [0.5, 0.6) is 0 Å². The van der Waals surface area contributed by atoms with Crippen LogP contribution in [0, 0.1) is 11.7 Å². The number of aliphatic hydroxyl groups is 1. The van der Waals surface area contributed by atoms with Crippen LogP contribution < -0.4 is 5.32 Å². The number of amides is 1. The summed E-state index contributed by atoms with van der Waals surface area (Å²) < 4.78 is 19.6. The SMILES string of the molecule is O=C(OCc1ccccc1)N1CC[C@H](O)[C@H]([C@H](Nc2ccc(Cl)c(F)c2)c2ccc(Cl)cc2)C1. The van der Waals surface area contributed by atoms with E-state index in [4.69, 9.17) is 27.9 Å². The van der Waals surface area contributed by atoms with Crippen molar-refractivity contribution in [3.8, 4) is 0 Å². The van der Waals surface area contributed by atoms with Crippen LogP contribution in [0.15, 0.2) is 72.8 Å². The minimum atomic E-state index is -0.677. The number of piperidine rings is 1. The fourth-order valence-electron chi connectivity index (χ4n) is 4.15. The second-order valence-electron chi connectivity index (χ2n) is 8.31. The van der Waals surface area contributed by atoms with E-state index in [1.54, 1.807) is 23.1 Å². The number of rotatable bonds is 6. The van der Waals surface area contributed by atoms with Crippen molar-refractivity contribution in [1.29, 1.82) is 0 Å². The van der Waals surface area contributed by atoms with Crippen molar-refractivity contribution in [2.24, 2.45) is 5.92 Å². The Balaban J connectivity index is 1.54. The maximum Gasteiger partial charge on any atom is 0.410 e. The van der Waals surface area contributed by atoms with Gasteiger partial charge in [0.2, 0.25) is 0 Å². The van der Waals surface area contributed by atoms with Gasteiger partial charge in [0, 0.05) is 29.7 Å². The molecule has 2 N–H and O–H groups in total. The summed E-state index contributed by atoms with van der Waals surface area (Å²) in [5.41, 5.74) is 2.26. The molecular formula is C26H25Cl2FN2O3. The molecule has 1 saturated heterocycles. The minimum Gasteiger partial charge on any atom is -0.445 e. The Morgan fingerprint density at radius 3 is 2.56 bits per heavy atom. The monoisotopic (exact) mass is 502 g/mol. The fourth-order valence-corrected chi connectivity index (χ4v) is 4.39. The maximum atomic E-state index is 14.1. The molecule has 8 heteroatoms. The zero-order valence-corrected chi connectivity index (χ0v) is 19.8. The molecule has 34 heavy (non-hydrogen) atoms. The summed E-state index contributed by atoms with van der Waals surface area (Å²) in [6.45, 7) is 0.825. The van der Waals surface area contributed by atoms with Crippen molar-refractivity contribution < 1.29 is 19.0 Å². The molecule has 0 aromatic heterocycles. The number of halogens is 3. The molecule has 0 bridgehead atoms. The van der Waals surface area contributed by atoms with Gasteiger partial charge in [0.05, 0.1) is 17.2 Å². The molecule has 0 radical (unpaired) electrons. The number of aliphatic hydroxyl groups excluding tert-OH is 1. The van der Waals surface area contributed by atoms with E-state index in [2.05, 4.69) is 5.32 Å². The van der Waals surface area contributed by atoms with Gasteiger partial charge in [-0.1, -0.05) is 65.7 Å². The third-order valence-electron chi connectivity index (χ3n) is 5.98. The van der Waals surface area contributed by atoms with Gasteiger partial charge in [-0.05, 0) is 47.9 Å². The Bertz CT molecular complexity index is 1110. The van der Waals surface area contributed by atoms with Crippen molar-refractivity contribution in [3.05, 3.63) is 99.8 Å². The van der Waals surface area contributed by atoms with Crippen LogP contribution in [0.3, 0.4) is 0 Å². The molecule has 0 saturated carbocycles. The lowest BCUT2D eigenvalue weighted by Crippen LogP contribution is -2.49. The largest absolute Gasteiger partial charge is 0.445 e. The zero-order chi connectivity index (χ0) is 24.1. The first-order valence-electron chi connectivity index (χ1n) is 11.0. The summed E-state index contributed by atoms with van der Waals surface area (Å²) in [5.74, 6) is -0.922. The fraction of sp³-hybridized carbons (Fsp3) is 0.269. The van der Waals surface area contributed by atoms with Crippen LogP contribution in [-0.2, 0) is 11.3 Å². The Labute approximate surface area is 208 Å². The molecule has 3 atom stereocenters. The standard InChI is InChI=1S/C26H25Cl2FN2O3/c27-19-8-6-18(7-9-19)25(30-20-10-11-22(28)23(29)14-20)21-15-31(13-12-24(21)32)26(33)34-16-17-4-2-1-3-5-17/h1-11,14,21,24-25,30,32H,12-13,15-16H2/t21-,24+,25-/m1/s1. The van der Waals surface area contributed by atoms with Gasteiger partial charge in [-0.2, -0.15) is 0 Å². The number of ether oxygens (including phenoxy) is 1. The molecular weight excluding hydrogens is 478 g/mol. The van der Waals surface area contributed by atoms with Gasteiger partial charge in [0.25, 0.3) is 0 Å². The lowest BCUT2D eigenvalue weighted by molar-refractivity contribution is 0.0117. The lowest BCUT2D eigenvalue weighted by Gasteiger charge is -2.40. The highest BCUT2D eigenvalue weighted by atomic mass is 35.5. The van der Waals surface area contributed by atoms with Crippen LogP contribution in [0.4, 0.5) is 14.9 Å². The number of likely N-dealkylation sites (tertiary alicyclic amines) is 1. The number of hydrogen-bond donors (Lipinski definition) is 2. The minimum absolute atomic E-state index is 0.0265. The maximum absolute atomic E-state index is 14.1. The number of carbonyl (C=O) groups excluding carboxylic acids is 1. The van der Waals surface area contributed by atoms with Gasteiger partial charge in [-0.3, -0.25) is 0 Å². The van der Waals surface area contributed by atoms with E-state index in [9.17, 15) is 14.3 Å². The second kappa shape index (κ2) is 11.1. The molecule has 3 aromatic carbocycles. The summed E-state index contributed by atoms with van der Waals surface area (Å²) in [7, 11) is 0. The van der Waals surface area contributed by atoms with E-state index >= 15 is 0 Å². The van der Waals surface area contributed by atoms with Gasteiger partial charge >= 0.3 is 6.09 Å². The first kappa shape index (κ1) is 24.3. The quantitative estimate of drug-likeness (QED) is 0.414. The van der Waals surface area contributed by atoms with Crippen molar-refractivity contribution in [2.75, 3.05) is 18.4 Å². The van der Waals surface area contributed by atoms with E-state index < -0.39 is 24.1 Å². The Kier molecular flexibility index (Phi) is 7.93. The van der Waals surface area contributed by atoms with Gasteiger partial charge < -0.3 is 20.1 Å². The number of nitrogens with zero attached hydrogens (tertiary/aromatic N) is 1. The van der Waals surface area contributed by atoms with Crippen molar-refractivity contribution >= 4 is 35.0 Å². The summed E-state index contributed by atoms with van der Waals surface area (Å²) in [5, 5.41) is 14.8. The Morgan fingerprint density at radius 1 is 1.12 bits per heavy atom. The number of hydrogen-bond acceptors (Lipinski definition) is 4. The highest BCUT2D eigenvalue weighted by Crippen LogP contribution is 2.35. The molecule has 1 heterocycles. The number of nitrogens with one attached hydrogen (secondary N) is 1. The highest BCUT2D eigenvalue weighted by molar-refractivity contribution is 6.31. The van der Waals surface area contributed by atoms with E-state index in [-0.39, 0.29) is 24.1 Å². The predicted octanol–water partition coefficient (Wildman–Crippen LogP) is 6.31. The molecule has 5 nitrogen and oxygen atoms in total. The average molecular weight is 503 g/mol. The van der Waals surface area contributed by atoms with Crippen LogP contribution >= 0.6 is 23.2 Å². The smallest absolute Gasteiger partial charge is 0.410 e. The third-order valence-corrected chi connectivity index (χ3v) is 6.54. The van der Waals surface area contributed by atoms with Crippen LogP contribution in [0.2, 0.25) is 10.0 Å².